The summed E-state index contributed by atoms with van der Waals surface area (Å²) >= 11 is 4.96. The highest BCUT2D eigenvalue weighted by molar-refractivity contribution is 9.10. The molecule has 0 atom stereocenters. The molecule has 3 nitrogen and oxygen atoms in total. The van der Waals surface area contributed by atoms with Gasteiger partial charge in [0.05, 0.1) is 12.2 Å². The lowest BCUT2D eigenvalue weighted by molar-refractivity contribution is 0.344. The molecule has 1 heterocycles. The zero-order chi connectivity index (χ0) is 16.1. The molecule has 0 aliphatic rings. The third-order valence-corrected chi connectivity index (χ3v) is 4.95. The van der Waals surface area contributed by atoms with Crippen LogP contribution < -0.4 is 4.74 Å². The van der Waals surface area contributed by atoms with Gasteiger partial charge in [-0.15, -0.1) is 11.8 Å². The van der Waals surface area contributed by atoms with Crippen LogP contribution in [0, 0.1) is 32.1 Å². The Hall–Kier alpha value is -1.51. The third kappa shape index (κ3) is 4.02. The minimum absolute atomic E-state index is 0.574. The Morgan fingerprint density at radius 2 is 1.86 bits per heavy atom. The molecule has 1 aromatic heterocycles. The molecular formula is C17H17BrN2OS. The average Bonchev–Trinajstić information content (AvgIpc) is 2.51. The molecule has 0 fully saturated rings. The van der Waals surface area contributed by atoms with E-state index in [9.17, 15) is 5.26 Å². The Bertz CT molecular complexity index is 708. The van der Waals surface area contributed by atoms with E-state index in [4.69, 9.17) is 4.74 Å². The van der Waals surface area contributed by atoms with Gasteiger partial charge in [0.2, 0.25) is 0 Å². The summed E-state index contributed by atoms with van der Waals surface area (Å²) in [6, 6.07) is 10.0. The SMILES string of the molecule is Cc1nc(SCCOc2ccc(Br)cc2)c(C#N)c(C)c1C. The zero-order valence-corrected chi connectivity index (χ0v) is 15.2. The van der Waals surface area contributed by atoms with Gasteiger partial charge in [0.25, 0.3) is 0 Å². The first-order valence-corrected chi connectivity index (χ1v) is 8.70. The molecule has 0 radical (unpaired) electrons. The van der Waals surface area contributed by atoms with Gasteiger partial charge in [0.1, 0.15) is 16.8 Å². The van der Waals surface area contributed by atoms with Crippen molar-refractivity contribution < 1.29 is 4.74 Å². The Morgan fingerprint density at radius 1 is 1.18 bits per heavy atom. The number of nitriles is 1. The molecule has 0 N–H and O–H groups in total. The summed E-state index contributed by atoms with van der Waals surface area (Å²) in [4.78, 5) is 4.54. The van der Waals surface area contributed by atoms with E-state index in [0.29, 0.717) is 12.2 Å². The molecule has 0 aliphatic heterocycles. The molecule has 0 spiro atoms. The quantitative estimate of drug-likeness (QED) is 0.554. The van der Waals surface area contributed by atoms with E-state index in [1.54, 1.807) is 11.8 Å². The molecular weight excluding hydrogens is 360 g/mol. The standard InChI is InChI=1S/C17H17BrN2OS/c1-11-12(2)16(10-19)17(20-13(11)3)22-9-8-21-15-6-4-14(18)5-7-15/h4-7H,8-9H2,1-3H3. The van der Waals surface area contributed by atoms with Crippen LogP contribution in [0.2, 0.25) is 0 Å². The lowest BCUT2D eigenvalue weighted by Gasteiger charge is -2.11. The minimum Gasteiger partial charge on any atom is -0.493 e. The van der Waals surface area contributed by atoms with Crippen LogP contribution in [-0.4, -0.2) is 17.3 Å². The topological polar surface area (TPSA) is 45.9 Å². The maximum atomic E-state index is 9.34. The van der Waals surface area contributed by atoms with Crippen molar-refractivity contribution in [3.05, 3.63) is 51.1 Å². The molecule has 0 amide bonds. The third-order valence-electron chi connectivity index (χ3n) is 3.48. The van der Waals surface area contributed by atoms with Crippen molar-refractivity contribution in [3.8, 4) is 11.8 Å². The van der Waals surface area contributed by atoms with Gasteiger partial charge in [0.15, 0.2) is 0 Å². The first kappa shape index (κ1) is 16.9. The minimum atomic E-state index is 0.574. The Labute approximate surface area is 143 Å². The highest BCUT2D eigenvalue weighted by Gasteiger charge is 2.12. The predicted molar refractivity (Wildman–Crippen MR) is 93.5 cm³/mol. The number of hydrogen-bond acceptors (Lipinski definition) is 4. The largest absolute Gasteiger partial charge is 0.493 e. The molecule has 0 saturated carbocycles. The van der Waals surface area contributed by atoms with Gasteiger partial charge in [-0.1, -0.05) is 15.9 Å². The van der Waals surface area contributed by atoms with E-state index >= 15 is 0 Å². The number of rotatable bonds is 5. The normalized spacial score (nSPS) is 10.3. The van der Waals surface area contributed by atoms with Crippen LogP contribution >= 0.6 is 27.7 Å². The van der Waals surface area contributed by atoms with Crippen molar-refractivity contribution in [2.75, 3.05) is 12.4 Å². The van der Waals surface area contributed by atoms with Crippen molar-refractivity contribution in [3.63, 3.8) is 0 Å². The second-order valence-corrected chi connectivity index (χ2v) is 6.89. The van der Waals surface area contributed by atoms with Crippen LogP contribution in [0.15, 0.2) is 33.8 Å². The van der Waals surface area contributed by atoms with Gasteiger partial charge in [-0.3, -0.25) is 0 Å². The predicted octanol–water partition coefficient (Wildman–Crippen LogP) is 4.81. The van der Waals surface area contributed by atoms with Crippen LogP contribution in [0.1, 0.15) is 22.4 Å². The summed E-state index contributed by atoms with van der Waals surface area (Å²) in [5, 5.41) is 10.1. The summed E-state index contributed by atoms with van der Waals surface area (Å²) in [6.45, 7) is 6.53. The fraction of sp³-hybridized carbons (Fsp3) is 0.294. The van der Waals surface area contributed by atoms with Crippen LogP contribution in [0.3, 0.4) is 0 Å². The number of ether oxygens (including phenoxy) is 1. The second kappa shape index (κ2) is 7.66. The second-order valence-electron chi connectivity index (χ2n) is 4.89. The number of halogens is 1. The Kier molecular flexibility index (Phi) is 5.87. The molecule has 0 aliphatic carbocycles. The van der Waals surface area contributed by atoms with Gasteiger partial charge in [-0.05, 0) is 56.2 Å². The number of aromatic nitrogens is 1. The monoisotopic (exact) mass is 376 g/mol. The van der Waals surface area contributed by atoms with Crippen LogP contribution in [0.5, 0.6) is 5.75 Å². The first-order valence-electron chi connectivity index (χ1n) is 6.92. The van der Waals surface area contributed by atoms with Gasteiger partial charge in [0, 0.05) is 15.9 Å². The number of thioether (sulfide) groups is 1. The lowest BCUT2D eigenvalue weighted by Crippen LogP contribution is -2.03. The van der Waals surface area contributed by atoms with E-state index in [1.807, 2.05) is 45.0 Å². The summed E-state index contributed by atoms with van der Waals surface area (Å²) in [5.74, 6) is 1.59. The maximum absolute atomic E-state index is 9.34. The van der Waals surface area contributed by atoms with Gasteiger partial charge in [-0.25, -0.2) is 4.98 Å². The van der Waals surface area contributed by atoms with E-state index in [0.717, 1.165) is 37.8 Å². The summed E-state index contributed by atoms with van der Waals surface area (Å²) in [6.07, 6.45) is 0. The Balaban J connectivity index is 1.97. The molecule has 2 aromatic rings. The molecule has 22 heavy (non-hydrogen) atoms. The van der Waals surface area contributed by atoms with Crippen molar-refractivity contribution >= 4 is 27.7 Å². The average molecular weight is 377 g/mol. The highest BCUT2D eigenvalue weighted by Crippen LogP contribution is 2.26. The van der Waals surface area contributed by atoms with E-state index in [-0.39, 0.29) is 0 Å². The number of aryl methyl sites for hydroxylation is 1. The molecule has 114 valence electrons. The molecule has 5 heteroatoms. The lowest BCUT2D eigenvalue weighted by atomic mass is 10.1. The van der Waals surface area contributed by atoms with Gasteiger partial charge < -0.3 is 4.74 Å². The van der Waals surface area contributed by atoms with Crippen molar-refractivity contribution in [2.24, 2.45) is 0 Å². The van der Waals surface area contributed by atoms with Crippen molar-refractivity contribution in [2.45, 2.75) is 25.8 Å². The summed E-state index contributed by atoms with van der Waals surface area (Å²) in [5.41, 5.74) is 3.77. The molecule has 2 rings (SSSR count). The first-order chi connectivity index (χ1) is 10.5. The molecule has 0 bridgehead atoms. The maximum Gasteiger partial charge on any atom is 0.119 e. The number of pyridine rings is 1. The van der Waals surface area contributed by atoms with E-state index in [2.05, 4.69) is 27.0 Å². The van der Waals surface area contributed by atoms with E-state index < -0.39 is 0 Å². The number of nitrogens with zero attached hydrogens (tertiary/aromatic N) is 2. The smallest absolute Gasteiger partial charge is 0.119 e. The number of hydrogen-bond donors (Lipinski definition) is 0. The molecule has 0 unspecified atom stereocenters. The number of benzene rings is 1. The molecule has 1 aromatic carbocycles. The van der Waals surface area contributed by atoms with Crippen LogP contribution in [0.4, 0.5) is 0 Å². The zero-order valence-electron chi connectivity index (χ0n) is 12.8. The fourth-order valence-corrected chi connectivity index (χ4v) is 3.15. The van der Waals surface area contributed by atoms with Gasteiger partial charge >= 0.3 is 0 Å². The van der Waals surface area contributed by atoms with Crippen molar-refractivity contribution in [1.29, 1.82) is 5.26 Å². The van der Waals surface area contributed by atoms with Crippen molar-refractivity contribution in [1.82, 2.24) is 4.98 Å². The Morgan fingerprint density at radius 3 is 2.50 bits per heavy atom. The highest BCUT2D eigenvalue weighted by atomic mass is 79.9. The molecule has 0 saturated heterocycles. The van der Waals surface area contributed by atoms with Crippen LogP contribution in [0.25, 0.3) is 0 Å². The van der Waals surface area contributed by atoms with Crippen LogP contribution in [-0.2, 0) is 0 Å². The summed E-state index contributed by atoms with van der Waals surface area (Å²) in [7, 11) is 0. The van der Waals surface area contributed by atoms with E-state index in [1.165, 1.54) is 0 Å². The summed E-state index contributed by atoms with van der Waals surface area (Å²) < 4.78 is 6.72. The fourth-order valence-electron chi connectivity index (χ4n) is 1.98. The van der Waals surface area contributed by atoms with Gasteiger partial charge in [-0.2, -0.15) is 5.26 Å².